The van der Waals surface area contributed by atoms with E-state index in [-0.39, 0.29) is 19.0 Å². The van der Waals surface area contributed by atoms with Gasteiger partial charge >= 0.3 is 0 Å². The van der Waals surface area contributed by atoms with Crippen molar-refractivity contribution in [2.45, 2.75) is 13.5 Å². The van der Waals surface area contributed by atoms with Crippen LogP contribution < -0.4 is 14.4 Å². The minimum Gasteiger partial charge on any atom is -0.494 e. The second-order valence-corrected chi connectivity index (χ2v) is 9.45. The van der Waals surface area contributed by atoms with Crippen molar-refractivity contribution in [2.75, 3.05) is 50.0 Å². The Morgan fingerprint density at radius 2 is 1.76 bits per heavy atom. The molecule has 0 atom stereocenters. The molecule has 1 saturated heterocycles. The van der Waals surface area contributed by atoms with E-state index in [1.54, 1.807) is 17.0 Å². The number of carbonyl (C=O) groups excluding carboxylic acids is 2. The van der Waals surface area contributed by atoms with Gasteiger partial charge in [-0.05, 0) is 37.3 Å². The smallest absolute Gasteiger partial charge is 0.254 e. The summed E-state index contributed by atoms with van der Waals surface area (Å²) in [5, 5.41) is 2.75. The molecule has 0 saturated carbocycles. The zero-order valence-corrected chi connectivity index (χ0v) is 19.6. The fourth-order valence-corrected chi connectivity index (χ4v) is 4.30. The van der Waals surface area contributed by atoms with Gasteiger partial charge in [0.05, 0.1) is 31.8 Å². The molecule has 9 nitrogen and oxygen atoms in total. The second kappa shape index (κ2) is 11.2. The van der Waals surface area contributed by atoms with Gasteiger partial charge in [-0.3, -0.25) is 13.9 Å². The Bertz CT molecular complexity index is 1070. The van der Waals surface area contributed by atoms with Crippen molar-refractivity contribution in [3.05, 3.63) is 59.7 Å². The Balaban J connectivity index is 1.67. The molecule has 1 aliphatic rings. The van der Waals surface area contributed by atoms with Crippen LogP contribution in [0.1, 0.15) is 22.8 Å². The first-order valence-electron chi connectivity index (χ1n) is 10.7. The van der Waals surface area contributed by atoms with E-state index in [1.165, 1.54) is 12.1 Å². The molecule has 2 amide bonds. The van der Waals surface area contributed by atoms with Gasteiger partial charge in [-0.25, -0.2) is 8.42 Å². The molecule has 10 heteroatoms. The standard InChI is InChI=1S/C23H29N3O6S/c1-3-32-21-7-5-4-6-19(21)16-24-22(27)17-26(33(2,29)30)20-10-8-18(9-11-20)23(28)25-12-14-31-15-13-25/h4-11H,3,12-17H2,1-2H3,(H,24,27). The number of carbonyl (C=O) groups is 2. The van der Waals surface area contributed by atoms with Crippen LogP contribution in [-0.4, -0.2) is 70.8 Å². The van der Waals surface area contributed by atoms with E-state index in [4.69, 9.17) is 9.47 Å². The van der Waals surface area contributed by atoms with Crippen LogP contribution in [0.5, 0.6) is 5.75 Å². The Hall–Kier alpha value is -3.11. The van der Waals surface area contributed by atoms with Crippen LogP contribution in [0, 0.1) is 0 Å². The van der Waals surface area contributed by atoms with Crippen LogP contribution in [0.25, 0.3) is 0 Å². The van der Waals surface area contributed by atoms with E-state index in [1.807, 2.05) is 31.2 Å². The van der Waals surface area contributed by atoms with Gasteiger partial charge in [0.25, 0.3) is 5.91 Å². The summed E-state index contributed by atoms with van der Waals surface area (Å²) in [7, 11) is -3.73. The molecule has 2 aromatic rings. The number of benzene rings is 2. The first-order valence-corrected chi connectivity index (χ1v) is 12.6. The summed E-state index contributed by atoms with van der Waals surface area (Å²) in [6, 6.07) is 13.5. The van der Waals surface area contributed by atoms with E-state index in [2.05, 4.69) is 5.32 Å². The average molecular weight is 476 g/mol. The summed E-state index contributed by atoms with van der Waals surface area (Å²) in [4.78, 5) is 26.9. The predicted molar refractivity (Wildman–Crippen MR) is 125 cm³/mol. The normalized spacial score (nSPS) is 13.9. The topological polar surface area (TPSA) is 105 Å². The fourth-order valence-electron chi connectivity index (χ4n) is 3.45. The van der Waals surface area contributed by atoms with E-state index in [0.29, 0.717) is 49.9 Å². The van der Waals surface area contributed by atoms with Crippen molar-refractivity contribution in [3.63, 3.8) is 0 Å². The lowest BCUT2D eigenvalue weighted by Gasteiger charge is -2.27. The fraction of sp³-hybridized carbons (Fsp3) is 0.391. The van der Waals surface area contributed by atoms with Gasteiger partial charge in [-0.1, -0.05) is 18.2 Å². The molecule has 0 bridgehead atoms. The summed E-state index contributed by atoms with van der Waals surface area (Å²) < 4.78 is 36.6. The maximum atomic E-state index is 12.6. The number of rotatable bonds is 9. The monoisotopic (exact) mass is 475 g/mol. The highest BCUT2D eigenvalue weighted by Gasteiger charge is 2.23. The van der Waals surface area contributed by atoms with Crippen molar-refractivity contribution in [1.29, 1.82) is 0 Å². The molecule has 3 rings (SSSR count). The molecule has 0 unspecified atom stereocenters. The van der Waals surface area contributed by atoms with E-state index < -0.39 is 15.9 Å². The van der Waals surface area contributed by atoms with Crippen LogP contribution in [0.4, 0.5) is 5.69 Å². The quantitative estimate of drug-likeness (QED) is 0.591. The van der Waals surface area contributed by atoms with Gasteiger partial charge in [0.2, 0.25) is 15.9 Å². The van der Waals surface area contributed by atoms with Gasteiger partial charge in [0, 0.05) is 30.8 Å². The number of hydrogen-bond donors (Lipinski definition) is 1. The Morgan fingerprint density at radius 1 is 1.09 bits per heavy atom. The zero-order valence-electron chi connectivity index (χ0n) is 18.8. The van der Waals surface area contributed by atoms with Crippen LogP contribution in [0.2, 0.25) is 0 Å². The number of nitrogens with zero attached hydrogens (tertiary/aromatic N) is 2. The summed E-state index contributed by atoms with van der Waals surface area (Å²) >= 11 is 0. The molecule has 33 heavy (non-hydrogen) atoms. The van der Waals surface area contributed by atoms with Crippen molar-refractivity contribution < 1.29 is 27.5 Å². The van der Waals surface area contributed by atoms with Gasteiger partial charge < -0.3 is 19.7 Å². The number of para-hydroxylation sites is 1. The number of ether oxygens (including phenoxy) is 2. The lowest BCUT2D eigenvalue weighted by atomic mass is 10.1. The summed E-state index contributed by atoms with van der Waals surface area (Å²) in [6.07, 6.45) is 1.04. The van der Waals surface area contributed by atoms with Crippen LogP contribution in [0.15, 0.2) is 48.5 Å². The summed E-state index contributed by atoms with van der Waals surface area (Å²) in [6.45, 7) is 4.22. The minimum absolute atomic E-state index is 0.138. The Labute approximate surface area is 194 Å². The molecule has 1 heterocycles. The molecular formula is C23H29N3O6S. The lowest BCUT2D eigenvalue weighted by molar-refractivity contribution is -0.119. The lowest BCUT2D eigenvalue weighted by Crippen LogP contribution is -2.41. The highest BCUT2D eigenvalue weighted by Crippen LogP contribution is 2.20. The highest BCUT2D eigenvalue weighted by molar-refractivity contribution is 7.92. The van der Waals surface area contributed by atoms with Crippen LogP contribution >= 0.6 is 0 Å². The Morgan fingerprint density at radius 3 is 2.39 bits per heavy atom. The van der Waals surface area contributed by atoms with Crippen molar-refractivity contribution >= 4 is 27.5 Å². The SMILES string of the molecule is CCOc1ccccc1CNC(=O)CN(c1ccc(C(=O)N2CCOCC2)cc1)S(C)(=O)=O. The molecule has 0 spiro atoms. The van der Waals surface area contributed by atoms with Crippen LogP contribution in [0.3, 0.4) is 0 Å². The van der Waals surface area contributed by atoms with Gasteiger partial charge in [-0.15, -0.1) is 0 Å². The Kier molecular flexibility index (Phi) is 8.29. The summed E-state index contributed by atoms with van der Waals surface area (Å²) in [5.41, 5.74) is 1.55. The molecule has 0 aromatic heterocycles. The van der Waals surface area contributed by atoms with E-state index in [0.717, 1.165) is 16.1 Å². The maximum absolute atomic E-state index is 12.6. The first kappa shape index (κ1) is 24.5. The maximum Gasteiger partial charge on any atom is 0.254 e. The molecule has 1 N–H and O–H groups in total. The molecule has 1 aliphatic heterocycles. The van der Waals surface area contributed by atoms with Crippen molar-refractivity contribution in [2.24, 2.45) is 0 Å². The molecule has 1 fully saturated rings. The third-order valence-electron chi connectivity index (χ3n) is 5.14. The van der Waals surface area contributed by atoms with Crippen LogP contribution in [-0.2, 0) is 26.1 Å². The predicted octanol–water partition coefficient (Wildman–Crippen LogP) is 1.64. The van der Waals surface area contributed by atoms with E-state index >= 15 is 0 Å². The average Bonchev–Trinajstić information content (AvgIpc) is 2.82. The first-order chi connectivity index (χ1) is 15.8. The molecule has 0 radical (unpaired) electrons. The van der Waals surface area contributed by atoms with Gasteiger partial charge in [-0.2, -0.15) is 0 Å². The molecule has 2 aromatic carbocycles. The number of nitrogens with one attached hydrogen (secondary N) is 1. The number of amides is 2. The van der Waals surface area contributed by atoms with Crippen molar-refractivity contribution in [3.8, 4) is 5.75 Å². The molecule has 0 aliphatic carbocycles. The zero-order chi connectivity index (χ0) is 23.8. The highest BCUT2D eigenvalue weighted by atomic mass is 32.2. The molecule has 178 valence electrons. The van der Waals surface area contributed by atoms with E-state index in [9.17, 15) is 18.0 Å². The van der Waals surface area contributed by atoms with Gasteiger partial charge in [0.1, 0.15) is 12.3 Å². The number of morpholine rings is 1. The van der Waals surface area contributed by atoms with Crippen molar-refractivity contribution in [1.82, 2.24) is 10.2 Å². The van der Waals surface area contributed by atoms with Gasteiger partial charge in [0.15, 0.2) is 0 Å². The minimum atomic E-state index is -3.73. The third-order valence-corrected chi connectivity index (χ3v) is 6.28. The number of hydrogen-bond acceptors (Lipinski definition) is 6. The second-order valence-electron chi connectivity index (χ2n) is 7.54. The molecular weight excluding hydrogens is 446 g/mol. The number of sulfonamides is 1. The third kappa shape index (κ3) is 6.69. The summed E-state index contributed by atoms with van der Waals surface area (Å²) in [5.74, 6) is 0.0717. The number of anilines is 1. The largest absolute Gasteiger partial charge is 0.494 e.